The number of ether oxygens (including phenoxy) is 1. The molecule has 0 atom stereocenters. The molecule has 0 radical (unpaired) electrons. The van der Waals surface area contributed by atoms with Gasteiger partial charge in [-0.15, -0.1) is 0 Å². The van der Waals surface area contributed by atoms with Gasteiger partial charge < -0.3 is 14.2 Å². The van der Waals surface area contributed by atoms with Crippen molar-refractivity contribution in [2.24, 2.45) is 5.10 Å². The first kappa shape index (κ1) is 26.1. The van der Waals surface area contributed by atoms with Gasteiger partial charge in [0.1, 0.15) is 0 Å². The van der Waals surface area contributed by atoms with Crippen molar-refractivity contribution in [3.8, 4) is 5.69 Å². The smallest absolute Gasteiger partial charge is 0.252 e. The zero-order valence-electron chi connectivity index (χ0n) is 21.9. The molecule has 2 N–H and O–H groups in total. The van der Waals surface area contributed by atoms with Crippen LogP contribution in [-0.2, 0) is 14.8 Å². The van der Waals surface area contributed by atoms with Crippen molar-refractivity contribution in [1.82, 2.24) is 18.8 Å². The first-order chi connectivity index (χ1) is 18.2. The van der Waals surface area contributed by atoms with Gasteiger partial charge in [0.05, 0.1) is 35.7 Å². The van der Waals surface area contributed by atoms with E-state index < -0.39 is 10.0 Å². The molecule has 2 aliphatic rings. The summed E-state index contributed by atoms with van der Waals surface area (Å²) in [5.74, 6) is 0.261. The van der Waals surface area contributed by atoms with Gasteiger partial charge in [-0.1, -0.05) is 0 Å². The third-order valence-corrected chi connectivity index (χ3v) is 8.85. The van der Waals surface area contributed by atoms with E-state index in [4.69, 9.17) is 4.74 Å². The molecule has 0 amide bonds. The molecule has 2 saturated heterocycles. The molecule has 1 aromatic carbocycles. The highest BCUT2D eigenvalue weighted by Gasteiger charge is 2.28. The van der Waals surface area contributed by atoms with Crippen LogP contribution in [0, 0.1) is 20.8 Å². The summed E-state index contributed by atoms with van der Waals surface area (Å²) < 4.78 is 35.9. The van der Waals surface area contributed by atoms with Gasteiger partial charge in [0.2, 0.25) is 16.0 Å². The van der Waals surface area contributed by atoms with E-state index in [0.29, 0.717) is 32.0 Å². The molecule has 2 fully saturated rings. The van der Waals surface area contributed by atoms with Crippen LogP contribution in [0.4, 0.5) is 11.6 Å². The van der Waals surface area contributed by atoms with Crippen molar-refractivity contribution in [3.63, 3.8) is 0 Å². The van der Waals surface area contributed by atoms with Crippen LogP contribution in [0.25, 0.3) is 5.69 Å². The number of aryl methyl sites for hydroxylation is 2. The molecule has 12 heteroatoms. The molecule has 0 saturated carbocycles. The first-order valence-corrected chi connectivity index (χ1v) is 14.2. The highest BCUT2D eigenvalue weighted by atomic mass is 32.2. The number of nitrogens with zero attached hydrogens (tertiary/aromatic N) is 5. The Morgan fingerprint density at radius 1 is 1.03 bits per heavy atom. The zero-order valence-corrected chi connectivity index (χ0v) is 22.7. The molecule has 2 aromatic heterocycles. The third kappa shape index (κ3) is 5.24. The van der Waals surface area contributed by atoms with Gasteiger partial charge in [-0.05, 0) is 57.9 Å². The Morgan fingerprint density at radius 3 is 2.47 bits per heavy atom. The van der Waals surface area contributed by atoms with E-state index in [1.165, 1.54) is 10.4 Å². The lowest BCUT2D eigenvalue weighted by Gasteiger charge is -2.28. The summed E-state index contributed by atoms with van der Waals surface area (Å²) in [6.07, 6.45) is 3.89. The molecule has 11 nitrogen and oxygen atoms in total. The second-order valence-corrected chi connectivity index (χ2v) is 11.6. The van der Waals surface area contributed by atoms with Crippen LogP contribution in [0.3, 0.4) is 0 Å². The van der Waals surface area contributed by atoms with Crippen LogP contribution in [0.5, 0.6) is 0 Å². The highest BCUT2D eigenvalue weighted by molar-refractivity contribution is 7.89. The number of morpholine rings is 1. The van der Waals surface area contributed by atoms with Crippen LogP contribution < -0.4 is 15.9 Å². The van der Waals surface area contributed by atoms with Crippen LogP contribution in [0.15, 0.2) is 45.1 Å². The summed E-state index contributed by atoms with van der Waals surface area (Å²) >= 11 is 0. The standard InChI is InChI=1S/C26H33N7O4S/c1-18-14-25(34)29-26(28-18)30-27-17-21-15-19(2)33(20(21)3)24-16-22(6-7-23(24)31-8-4-5-9-31)38(35,36)32-10-12-37-13-11-32/h6-7,14-17H,4-5,8-13H2,1-3H3,(H2,28,29,30,34)/b27-17-. The van der Waals surface area contributed by atoms with Crippen molar-refractivity contribution < 1.29 is 13.2 Å². The summed E-state index contributed by atoms with van der Waals surface area (Å²) in [6.45, 7) is 9.08. The van der Waals surface area contributed by atoms with E-state index in [2.05, 4.69) is 30.0 Å². The summed E-state index contributed by atoms with van der Waals surface area (Å²) in [4.78, 5) is 21.1. The Hall–Kier alpha value is -3.48. The molecule has 2 aliphatic heterocycles. The Kier molecular flexibility index (Phi) is 7.37. The highest BCUT2D eigenvalue weighted by Crippen LogP contribution is 2.34. The van der Waals surface area contributed by atoms with Crippen molar-refractivity contribution in [2.75, 3.05) is 49.7 Å². The molecule has 0 bridgehead atoms. The van der Waals surface area contributed by atoms with Crippen molar-refractivity contribution in [3.05, 3.63) is 63.3 Å². The number of hydrogen-bond acceptors (Lipinski definition) is 8. The van der Waals surface area contributed by atoms with E-state index in [1.54, 1.807) is 25.3 Å². The number of aromatic amines is 1. The Bertz CT molecular complexity index is 1510. The number of benzene rings is 1. The van der Waals surface area contributed by atoms with Crippen molar-refractivity contribution in [2.45, 2.75) is 38.5 Å². The maximum Gasteiger partial charge on any atom is 0.252 e. The normalized spacial score (nSPS) is 17.0. The van der Waals surface area contributed by atoms with Crippen molar-refractivity contribution >= 4 is 27.9 Å². The van der Waals surface area contributed by atoms with Gasteiger partial charge in [-0.2, -0.15) is 9.41 Å². The SMILES string of the molecule is Cc1cc(=O)[nH]c(N/N=C\c2cc(C)n(-c3cc(S(=O)(=O)N4CCOCC4)ccc3N3CCCC3)c2C)n1. The number of aromatic nitrogens is 3. The topological polar surface area (TPSA) is 125 Å². The van der Waals surface area contributed by atoms with E-state index in [-0.39, 0.29) is 16.4 Å². The number of rotatable bonds is 7. The molecule has 5 rings (SSSR count). The van der Waals surface area contributed by atoms with Crippen LogP contribution in [0.2, 0.25) is 0 Å². The molecular formula is C26H33N7O4S. The summed E-state index contributed by atoms with van der Waals surface area (Å²) in [7, 11) is -3.65. The van der Waals surface area contributed by atoms with Gasteiger partial charge >= 0.3 is 0 Å². The van der Waals surface area contributed by atoms with E-state index in [9.17, 15) is 13.2 Å². The van der Waals surface area contributed by atoms with Gasteiger partial charge in [0.25, 0.3) is 5.56 Å². The third-order valence-electron chi connectivity index (χ3n) is 6.96. The minimum Gasteiger partial charge on any atom is -0.379 e. The number of hydrazone groups is 1. The van der Waals surface area contributed by atoms with Crippen LogP contribution >= 0.6 is 0 Å². The molecular weight excluding hydrogens is 506 g/mol. The largest absolute Gasteiger partial charge is 0.379 e. The number of sulfonamides is 1. The lowest BCUT2D eigenvalue weighted by Crippen LogP contribution is -2.40. The van der Waals surface area contributed by atoms with E-state index in [0.717, 1.165) is 54.3 Å². The summed E-state index contributed by atoms with van der Waals surface area (Å²) in [5, 5.41) is 4.28. The molecule has 4 heterocycles. The summed E-state index contributed by atoms with van der Waals surface area (Å²) in [5.41, 5.74) is 7.68. The average molecular weight is 540 g/mol. The molecule has 3 aromatic rings. The summed E-state index contributed by atoms with van der Waals surface area (Å²) in [6, 6.07) is 8.86. The number of nitrogens with one attached hydrogen (secondary N) is 2. The fourth-order valence-electron chi connectivity index (χ4n) is 5.09. The molecule has 0 unspecified atom stereocenters. The zero-order chi connectivity index (χ0) is 26.9. The van der Waals surface area contributed by atoms with Gasteiger partial charge in [-0.25, -0.2) is 18.8 Å². The lowest BCUT2D eigenvalue weighted by molar-refractivity contribution is 0.0730. The van der Waals surface area contributed by atoms with Crippen LogP contribution in [0.1, 0.15) is 35.5 Å². The van der Waals surface area contributed by atoms with Crippen LogP contribution in [-0.4, -0.2) is 72.9 Å². The minimum absolute atomic E-state index is 0.255. The molecule has 38 heavy (non-hydrogen) atoms. The minimum atomic E-state index is -3.65. The quantitative estimate of drug-likeness (QED) is 0.349. The Labute approximate surface area is 222 Å². The number of hydrogen-bond donors (Lipinski definition) is 2. The van der Waals surface area contributed by atoms with Crippen molar-refractivity contribution in [1.29, 1.82) is 0 Å². The number of anilines is 2. The average Bonchev–Trinajstić information content (AvgIpc) is 3.52. The van der Waals surface area contributed by atoms with E-state index in [1.807, 2.05) is 26.0 Å². The Morgan fingerprint density at radius 2 is 1.76 bits per heavy atom. The second-order valence-electron chi connectivity index (χ2n) is 9.63. The predicted molar refractivity (Wildman–Crippen MR) is 147 cm³/mol. The maximum absolute atomic E-state index is 13.5. The fourth-order valence-corrected chi connectivity index (χ4v) is 6.52. The predicted octanol–water partition coefficient (Wildman–Crippen LogP) is 2.55. The first-order valence-electron chi connectivity index (χ1n) is 12.8. The maximum atomic E-state index is 13.5. The monoisotopic (exact) mass is 539 g/mol. The molecule has 0 aliphatic carbocycles. The van der Waals surface area contributed by atoms with Gasteiger partial charge in [-0.3, -0.25) is 9.78 Å². The second kappa shape index (κ2) is 10.7. The molecule has 0 spiro atoms. The van der Waals surface area contributed by atoms with Gasteiger partial charge in [0.15, 0.2) is 0 Å². The van der Waals surface area contributed by atoms with Gasteiger partial charge in [0, 0.05) is 54.9 Å². The van der Waals surface area contributed by atoms with E-state index >= 15 is 0 Å². The molecule has 202 valence electrons. The number of H-pyrrole nitrogens is 1. The fraction of sp³-hybridized carbons (Fsp3) is 0.423. The Balaban J connectivity index is 1.52. The lowest BCUT2D eigenvalue weighted by atomic mass is 10.2.